The molecular weight excluding hydrogens is 398 g/mol. The van der Waals surface area contributed by atoms with E-state index in [-0.39, 0.29) is 12.0 Å². The molecule has 0 heterocycles. The van der Waals surface area contributed by atoms with Crippen LogP contribution < -0.4 is 16.0 Å². The smallest absolute Gasteiger partial charge is 0.329 e. The summed E-state index contributed by atoms with van der Waals surface area (Å²) in [6.07, 6.45) is 1.04. The highest BCUT2D eigenvalue weighted by molar-refractivity contribution is 6.30. The van der Waals surface area contributed by atoms with Crippen LogP contribution in [0.1, 0.15) is 50.9 Å². The molecule has 3 N–H and O–H groups in total. The maximum absolute atomic E-state index is 12.4. The van der Waals surface area contributed by atoms with E-state index in [4.69, 9.17) is 16.3 Å². The summed E-state index contributed by atoms with van der Waals surface area (Å²) in [6, 6.07) is 4.54. The topological polar surface area (TPSA) is 114 Å². The summed E-state index contributed by atoms with van der Waals surface area (Å²) >= 11 is 5.81. The molecule has 160 valence electrons. The van der Waals surface area contributed by atoms with E-state index < -0.39 is 36.5 Å². The quantitative estimate of drug-likeness (QED) is 0.526. The maximum atomic E-state index is 12.4. The molecular formula is C20H28ClN3O5. The summed E-state index contributed by atoms with van der Waals surface area (Å²) in [6.45, 7) is 6.84. The number of carbonyl (C=O) groups is 4. The van der Waals surface area contributed by atoms with E-state index in [1.165, 1.54) is 0 Å². The molecule has 8 nitrogen and oxygen atoms in total. The molecule has 0 aliphatic rings. The number of esters is 1. The Bertz CT molecular complexity index is 721. The average molecular weight is 426 g/mol. The highest BCUT2D eigenvalue weighted by Crippen LogP contribution is 2.11. The van der Waals surface area contributed by atoms with Crippen molar-refractivity contribution in [1.82, 2.24) is 16.0 Å². The lowest BCUT2D eigenvalue weighted by molar-refractivity contribution is -0.150. The first-order valence-corrected chi connectivity index (χ1v) is 9.83. The summed E-state index contributed by atoms with van der Waals surface area (Å²) in [5, 5.41) is 7.76. The molecule has 0 saturated heterocycles. The Morgan fingerprint density at radius 1 is 1.03 bits per heavy atom. The first kappa shape index (κ1) is 24.4. The molecule has 29 heavy (non-hydrogen) atoms. The van der Waals surface area contributed by atoms with Crippen LogP contribution in [-0.4, -0.2) is 42.5 Å². The lowest BCUT2D eigenvalue weighted by Gasteiger charge is -2.19. The normalized spacial score (nSPS) is 12.6. The van der Waals surface area contributed by atoms with Gasteiger partial charge in [-0.2, -0.15) is 0 Å². The van der Waals surface area contributed by atoms with Crippen molar-refractivity contribution in [2.45, 2.75) is 52.6 Å². The van der Waals surface area contributed by atoms with Crippen LogP contribution in [0.2, 0.25) is 5.02 Å². The second-order valence-electron chi connectivity index (χ2n) is 7.10. The Balaban J connectivity index is 2.62. The Morgan fingerprint density at radius 3 is 2.21 bits per heavy atom. The zero-order valence-corrected chi connectivity index (χ0v) is 17.8. The molecule has 0 aromatic heterocycles. The lowest BCUT2D eigenvalue weighted by atomic mass is 10.0. The number of carbonyl (C=O) groups excluding carboxylic acids is 4. The number of benzene rings is 1. The molecule has 0 radical (unpaired) electrons. The van der Waals surface area contributed by atoms with Crippen LogP contribution in [0.4, 0.5) is 4.79 Å². The van der Waals surface area contributed by atoms with Gasteiger partial charge in [-0.1, -0.05) is 32.4 Å². The van der Waals surface area contributed by atoms with Crippen molar-refractivity contribution in [1.29, 1.82) is 0 Å². The van der Waals surface area contributed by atoms with E-state index in [1.807, 2.05) is 20.8 Å². The number of imide groups is 1. The van der Waals surface area contributed by atoms with Gasteiger partial charge in [0.15, 0.2) is 6.61 Å². The minimum atomic E-state index is -0.931. The highest BCUT2D eigenvalue weighted by Gasteiger charge is 2.25. The van der Waals surface area contributed by atoms with Crippen LogP contribution >= 0.6 is 11.6 Å². The van der Waals surface area contributed by atoms with Gasteiger partial charge >= 0.3 is 12.0 Å². The predicted octanol–water partition coefficient (Wildman–Crippen LogP) is 2.65. The summed E-state index contributed by atoms with van der Waals surface area (Å²) in [4.78, 5) is 48.2. The molecule has 0 aliphatic heterocycles. The Morgan fingerprint density at radius 2 is 1.66 bits per heavy atom. The fourth-order valence-electron chi connectivity index (χ4n) is 2.29. The number of nitrogens with one attached hydrogen (secondary N) is 3. The van der Waals surface area contributed by atoms with Gasteiger partial charge in [-0.15, -0.1) is 0 Å². The fraction of sp³-hybridized carbons (Fsp3) is 0.500. The number of hydrogen-bond donors (Lipinski definition) is 3. The van der Waals surface area contributed by atoms with E-state index in [2.05, 4.69) is 16.0 Å². The van der Waals surface area contributed by atoms with Gasteiger partial charge in [-0.05, 0) is 49.9 Å². The molecule has 0 unspecified atom stereocenters. The molecule has 1 aromatic carbocycles. The largest absolute Gasteiger partial charge is 0.454 e. The van der Waals surface area contributed by atoms with Crippen molar-refractivity contribution in [2.75, 3.05) is 6.61 Å². The summed E-state index contributed by atoms with van der Waals surface area (Å²) in [7, 11) is 0. The monoisotopic (exact) mass is 425 g/mol. The van der Waals surface area contributed by atoms with Crippen LogP contribution in [0.3, 0.4) is 0 Å². The van der Waals surface area contributed by atoms with E-state index in [9.17, 15) is 19.2 Å². The van der Waals surface area contributed by atoms with Gasteiger partial charge in [0.25, 0.3) is 11.8 Å². The minimum absolute atomic E-state index is 0.0909. The molecule has 1 aromatic rings. The Hall–Kier alpha value is -2.61. The van der Waals surface area contributed by atoms with Crippen molar-refractivity contribution >= 4 is 35.4 Å². The second-order valence-corrected chi connectivity index (χ2v) is 7.54. The molecule has 0 bridgehead atoms. The van der Waals surface area contributed by atoms with Gasteiger partial charge in [-0.25, -0.2) is 9.59 Å². The second kappa shape index (κ2) is 12.1. The zero-order chi connectivity index (χ0) is 22.0. The van der Waals surface area contributed by atoms with E-state index >= 15 is 0 Å². The number of ether oxygens (including phenoxy) is 1. The van der Waals surface area contributed by atoms with Gasteiger partial charge < -0.3 is 15.4 Å². The third-order valence-corrected chi connectivity index (χ3v) is 4.24. The van der Waals surface area contributed by atoms with E-state index in [0.29, 0.717) is 23.4 Å². The van der Waals surface area contributed by atoms with E-state index in [1.54, 1.807) is 31.2 Å². The van der Waals surface area contributed by atoms with Crippen molar-refractivity contribution in [3.8, 4) is 0 Å². The number of halogens is 1. The zero-order valence-electron chi connectivity index (χ0n) is 17.1. The molecule has 9 heteroatoms. The SMILES string of the molecule is CC[C@H](C)NC(=O)NC(=O)COC(=O)[C@@H](CC(C)C)NC(=O)c1ccc(Cl)cc1. The van der Waals surface area contributed by atoms with Crippen molar-refractivity contribution in [3.63, 3.8) is 0 Å². The van der Waals surface area contributed by atoms with Crippen LogP contribution in [0, 0.1) is 5.92 Å². The average Bonchev–Trinajstić information content (AvgIpc) is 2.65. The number of urea groups is 1. The van der Waals surface area contributed by atoms with Crippen molar-refractivity contribution < 1.29 is 23.9 Å². The third-order valence-electron chi connectivity index (χ3n) is 3.99. The van der Waals surface area contributed by atoms with Gasteiger partial charge in [-0.3, -0.25) is 14.9 Å². The van der Waals surface area contributed by atoms with Gasteiger partial charge in [0.1, 0.15) is 6.04 Å². The maximum Gasteiger partial charge on any atom is 0.329 e. The molecule has 4 amide bonds. The van der Waals surface area contributed by atoms with Crippen molar-refractivity contribution in [3.05, 3.63) is 34.9 Å². The molecule has 0 saturated carbocycles. The molecule has 0 aliphatic carbocycles. The molecule has 0 fully saturated rings. The standard InChI is InChI=1S/C20H28ClN3O5/c1-5-13(4)22-20(28)24-17(25)11-29-19(27)16(10-12(2)3)23-18(26)14-6-8-15(21)9-7-14/h6-9,12-13,16H,5,10-11H2,1-4H3,(H,23,26)(H2,22,24,25,28)/t13-,16+/m0/s1. The third kappa shape index (κ3) is 9.43. The van der Waals surface area contributed by atoms with Gasteiger partial charge in [0, 0.05) is 16.6 Å². The summed E-state index contributed by atoms with van der Waals surface area (Å²) < 4.78 is 4.99. The van der Waals surface area contributed by atoms with Crippen LogP contribution in [0.5, 0.6) is 0 Å². The van der Waals surface area contributed by atoms with Gasteiger partial charge in [0.2, 0.25) is 0 Å². The minimum Gasteiger partial charge on any atom is -0.454 e. The highest BCUT2D eigenvalue weighted by atomic mass is 35.5. The van der Waals surface area contributed by atoms with Crippen LogP contribution in [0.15, 0.2) is 24.3 Å². The fourth-order valence-corrected chi connectivity index (χ4v) is 2.42. The molecule has 2 atom stereocenters. The predicted molar refractivity (Wildman–Crippen MR) is 110 cm³/mol. The summed E-state index contributed by atoms with van der Waals surface area (Å²) in [5.41, 5.74) is 0.343. The van der Waals surface area contributed by atoms with E-state index in [0.717, 1.165) is 0 Å². The van der Waals surface area contributed by atoms with Gasteiger partial charge in [0.05, 0.1) is 0 Å². The van der Waals surface area contributed by atoms with Crippen LogP contribution in [-0.2, 0) is 14.3 Å². The van der Waals surface area contributed by atoms with Crippen LogP contribution in [0.25, 0.3) is 0 Å². The lowest BCUT2D eigenvalue weighted by Crippen LogP contribution is -2.46. The molecule has 0 spiro atoms. The molecule has 1 rings (SSSR count). The Kier molecular flexibility index (Phi) is 10.2. The first-order valence-electron chi connectivity index (χ1n) is 9.45. The Labute approximate surface area is 175 Å². The number of hydrogen-bond acceptors (Lipinski definition) is 5. The number of amides is 4. The summed E-state index contributed by atoms with van der Waals surface area (Å²) in [5.74, 6) is -1.88. The first-order chi connectivity index (χ1) is 13.6. The number of rotatable bonds is 9. The van der Waals surface area contributed by atoms with Crippen molar-refractivity contribution in [2.24, 2.45) is 5.92 Å².